The van der Waals surface area contributed by atoms with E-state index in [1.807, 2.05) is 6.07 Å². The third kappa shape index (κ3) is 3.37. The highest BCUT2D eigenvalue weighted by atomic mass is 15.0. The molecule has 0 saturated carbocycles. The Morgan fingerprint density at radius 2 is 1.54 bits per heavy atom. The Morgan fingerprint density at radius 3 is 2.25 bits per heavy atom. The smallest absolute Gasteiger partial charge is 0.0703 e. The van der Waals surface area contributed by atoms with Gasteiger partial charge in [0, 0.05) is 22.5 Å². The molecule has 138 valence electrons. The third-order valence-corrected chi connectivity index (χ3v) is 5.02. The number of hydrogen-bond acceptors (Lipinski definition) is 2. The van der Waals surface area contributed by atoms with Gasteiger partial charge in [0.25, 0.3) is 0 Å². The molecule has 28 heavy (non-hydrogen) atoms. The highest BCUT2D eigenvalue weighted by Gasteiger charge is 2.23. The summed E-state index contributed by atoms with van der Waals surface area (Å²) in [6, 6.07) is 25.3. The summed E-state index contributed by atoms with van der Waals surface area (Å²) in [5.74, 6) is 0. The van der Waals surface area contributed by atoms with Crippen LogP contribution in [-0.4, -0.2) is 0 Å². The first-order chi connectivity index (χ1) is 13.5. The van der Waals surface area contributed by atoms with Crippen LogP contribution in [-0.2, 0) is 0 Å². The molecule has 3 aromatic carbocycles. The minimum absolute atomic E-state index is 0.837. The highest BCUT2D eigenvalue weighted by Crippen LogP contribution is 2.39. The Hall–Kier alpha value is -3.52. The number of nitrogens with one attached hydrogen (secondary N) is 2. The zero-order valence-corrected chi connectivity index (χ0v) is 16.3. The van der Waals surface area contributed by atoms with Crippen molar-refractivity contribution in [3.8, 4) is 0 Å². The maximum absolute atomic E-state index is 4.28. The molecule has 0 fully saturated rings. The first-order valence-electron chi connectivity index (χ1n) is 9.43. The van der Waals surface area contributed by atoms with Gasteiger partial charge in [0.2, 0.25) is 0 Å². The van der Waals surface area contributed by atoms with E-state index < -0.39 is 0 Å². The van der Waals surface area contributed by atoms with Crippen LogP contribution in [0, 0.1) is 13.8 Å². The average molecular weight is 364 g/mol. The van der Waals surface area contributed by atoms with Crippen molar-refractivity contribution in [2.24, 2.45) is 0 Å². The predicted octanol–water partition coefficient (Wildman–Crippen LogP) is 6.26. The van der Waals surface area contributed by atoms with E-state index in [4.69, 9.17) is 0 Å². The van der Waals surface area contributed by atoms with Crippen LogP contribution in [0.4, 0.5) is 5.69 Å². The molecule has 0 unspecified atom stereocenters. The summed E-state index contributed by atoms with van der Waals surface area (Å²) in [7, 11) is 0. The van der Waals surface area contributed by atoms with E-state index in [-0.39, 0.29) is 0 Å². The minimum atomic E-state index is 0.837. The van der Waals surface area contributed by atoms with Crippen molar-refractivity contribution in [3.63, 3.8) is 0 Å². The molecule has 1 heterocycles. The lowest BCUT2D eigenvalue weighted by molar-refractivity contribution is 1.09. The van der Waals surface area contributed by atoms with Crippen molar-refractivity contribution in [2.75, 3.05) is 5.32 Å². The van der Waals surface area contributed by atoms with Gasteiger partial charge in [0.1, 0.15) is 0 Å². The SMILES string of the molecule is C=C1Nc2ccc(C)cc2C(c2ccccc2)=C1NC(=C)c1ccc(C)cc1. The summed E-state index contributed by atoms with van der Waals surface area (Å²) in [5.41, 5.74) is 10.7. The fourth-order valence-electron chi connectivity index (χ4n) is 3.50. The molecule has 0 amide bonds. The van der Waals surface area contributed by atoms with Crippen LogP contribution in [0.25, 0.3) is 11.3 Å². The van der Waals surface area contributed by atoms with Crippen LogP contribution in [0.5, 0.6) is 0 Å². The molecule has 0 aliphatic carbocycles. The van der Waals surface area contributed by atoms with Crippen molar-refractivity contribution < 1.29 is 0 Å². The molecule has 4 rings (SSSR count). The number of rotatable bonds is 4. The van der Waals surface area contributed by atoms with Gasteiger partial charge < -0.3 is 10.6 Å². The largest absolute Gasteiger partial charge is 0.354 e. The average Bonchev–Trinajstić information content (AvgIpc) is 2.70. The Bertz CT molecular complexity index is 1090. The number of aryl methyl sites for hydroxylation is 2. The molecule has 2 nitrogen and oxygen atoms in total. The Balaban J connectivity index is 1.85. The second-order valence-electron chi connectivity index (χ2n) is 7.24. The molecule has 0 atom stereocenters. The van der Waals surface area contributed by atoms with E-state index in [0.29, 0.717) is 0 Å². The topological polar surface area (TPSA) is 24.1 Å². The Labute approximate surface area is 166 Å². The molecular formula is C26H24N2. The molecule has 2 N–H and O–H groups in total. The van der Waals surface area contributed by atoms with Crippen molar-refractivity contribution in [3.05, 3.63) is 125 Å². The Kier molecular flexibility index (Phi) is 4.62. The van der Waals surface area contributed by atoms with Gasteiger partial charge in [-0.15, -0.1) is 0 Å². The molecule has 2 heteroatoms. The van der Waals surface area contributed by atoms with Crippen LogP contribution in [0.2, 0.25) is 0 Å². The summed E-state index contributed by atoms with van der Waals surface area (Å²) in [5, 5.41) is 6.98. The molecular weight excluding hydrogens is 340 g/mol. The normalized spacial score (nSPS) is 13.0. The number of fused-ring (bicyclic) bond motifs is 1. The van der Waals surface area contributed by atoms with Gasteiger partial charge in [-0.3, -0.25) is 0 Å². The van der Waals surface area contributed by atoms with Crippen LogP contribution in [0.3, 0.4) is 0 Å². The fraction of sp³-hybridized carbons (Fsp3) is 0.0769. The molecule has 0 saturated heterocycles. The van der Waals surface area contributed by atoms with E-state index in [1.54, 1.807) is 0 Å². The van der Waals surface area contributed by atoms with Crippen LogP contribution < -0.4 is 10.6 Å². The summed E-state index contributed by atoms with van der Waals surface area (Å²) in [6.07, 6.45) is 0. The first kappa shape index (κ1) is 17.9. The summed E-state index contributed by atoms with van der Waals surface area (Å²) >= 11 is 0. The van der Waals surface area contributed by atoms with Crippen LogP contribution in [0.15, 0.2) is 97.3 Å². The molecule has 3 aromatic rings. The minimum Gasteiger partial charge on any atom is -0.354 e. The van der Waals surface area contributed by atoms with Gasteiger partial charge in [0.15, 0.2) is 0 Å². The molecule has 0 radical (unpaired) electrons. The van der Waals surface area contributed by atoms with Crippen molar-refractivity contribution in [2.45, 2.75) is 13.8 Å². The maximum Gasteiger partial charge on any atom is 0.0703 e. The standard InChI is InChI=1S/C26H24N2/c1-17-10-13-21(14-11-17)19(3)28-26-20(4)27-24-15-12-18(2)16-23(24)25(26)22-8-6-5-7-9-22/h5-16,27-28H,3-4H2,1-2H3. The quantitative estimate of drug-likeness (QED) is 0.571. The van der Waals surface area contributed by atoms with Crippen molar-refractivity contribution in [1.29, 1.82) is 0 Å². The van der Waals surface area contributed by atoms with Gasteiger partial charge in [-0.25, -0.2) is 0 Å². The van der Waals surface area contributed by atoms with Gasteiger partial charge in [-0.2, -0.15) is 0 Å². The lowest BCUT2D eigenvalue weighted by atomic mass is 9.89. The maximum atomic E-state index is 4.28. The lowest BCUT2D eigenvalue weighted by Crippen LogP contribution is -2.22. The van der Waals surface area contributed by atoms with E-state index in [9.17, 15) is 0 Å². The van der Waals surface area contributed by atoms with Crippen LogP contribution in [0.1, 0.15) is 27.8 Å². The third-order valence-electron chi connectivity index (χ3n) is 5.02. The van der Waals surface area contributed by atoms with Gasteiger partial charge in [-0.1, -0.05) is 84.9 Å². The second kappa shape index (κ2) is 7.24. The number of anilines is 1. The van der Waals surface area contributed by atoms with Crippen molar-refractivity contribution in [1.82, 2.24) is 5.32 Å². The van der Waals surface area contributed by atoms with Gasteiger partial charge in [0.05, 0.1) is 11.4 Å². The fourth-order valence-corrected chi connectivity index (χ4v) is 3.50. The van der Waals surface area contributed by atoms with Crippen LogP contribution >= 0.6 is 0 Å². The first-order valence-corrected chi connectivity index (χ1v) is 9.43. The van der Waals surface area contributed by atoms with E-state index in [2.05, 4.69) is 104 Å². The number of hydrogen-bond donors (Lipinski definition) is 2. The molecule has 1 aliphatic rings. The summed E-state index contributed by atoms with van der Waals surface area (Å²) < 4.78 is 0. The summed E-state index contributed by atoms with van der Waals surface area (Å²) in [6.45, 7) is 12.8. The summed E-state index contributed by atoms with van der Waals surface area (Å²) in [4.78, 5) is 0. The Morgan fingerprint density at radius 1 is 0.857 bits per heavy atom. The zero-order chi connectivity index (χ0) is 19.7. The van der Waals surface area contributed by atoms with Gasteiger partial charge in [-0.05, 0) is 37.1 Å². The van der Waals surface area contributed by atoms with E-state index in [1.165, 1.54) is 11.1 Å². The highest BCUT2D eigenvalue weighted by molar-refractivity contribution is 5.94. The van der Waals surface area contributed by atoms with Crippen molar-refractivity contribution >= 4 is 17.0 Å². The van der Waals surface area contributed by atoms with E-state index in [0.717, 1.165) is 45.0 Å². The molecule has 0 spiro atoms. The number of benzene rings is 3. The lowest BCUT2D eigenvalue weighted by Gasteiger charge is -2.28. The monoisotopic (exact) mass is 364 g/mol. The molecule has 1 aliphatic heterocycles. The van der Waals surface area contributed by atoms with Gasteiger partial charge >= 0.3 is 0 Å². The molecule has 0 bridgehead atoms. The second-order valence-corrected chi connectivity index (χ2v) is 7.24. The zero-order valence-electron chi connectivity index (χ0n) is 16.3. The van der Waals surface area contributed by atoms with E-state index >= 15 is 0 Å². The molecule has 0 aromatic heterocycles. The predicted molar refractivity (Wildman–Crippen MR) is 120 cm³/mol.